The minimum absolute atomic E-state index is 0.0575. The second-order valence-electron chi connectivity index (χ2n) is 23.8. The monoisotopic (exact) mass is 1080 g/mol. The van der Waals surface area contributed by atoms with Gasteiger partial charge in [0.2, 0.25) is 5.91 Å². The van der Waals surface area contributed by atoms with Gasteiger partial charge in [-0.3, -0.25) is 13.8 Å². The van der Waals surface area contributed by atoms with E-state index in [4.69, 9.17) is 9.05 Å². The molecule has 8 nitrogen and oxygen atoms in total. The molecule has 0 aliphatic carbocycles. The summed E-state index contributed by atoms with van der Waals surface area (Å²) in [6.45, 7) is 4.85. The Morgan fingerprint density at radius 2 is 0.733 bits per heavy atom. The van der Waals surface area contributed by atoms with Crippen molar-refractivity contribution in [1.29, 1.82) is 0 Å². The first-order valence-electron chi connectivity index (χ1n) is 32.9. The van der Waals surface area contributed by atoms with Gasteiger partial charge < -0.3 is 19.8 Å². The average Bonchev–Trinajstić information content (AvgIpc) is 3.37. The van der Waals surface area contributed by atoms with E-state index in [0.29, 0.717) is 17.4 Å². The molecule has 3 atom stereocenters. The number of hydrogen-bond acceptors (Lipinski definition) is 5. The van der Waals surface area contributed by atoms with Crippen LogP contribution in [-0.4, -0.2) is 73.4 Å². The van der Waals surface area contributed by atoms with E-state index in [9.17, 15) is 19.4 Å². The number of rotatable bonds is 61. The molecule has 0 bridgehead atoms. The van der Waals surface area contributed by atoms with Gasteiger partial charge in [-0.05, 0) is 57.8 Å². The number of likely N-dealkylation sites (N-methyl/N-ethyl adjacent to an activating group) is 1. The first kappa shape index (κ1) is 73.7. The first-order chi connectivity index (χ1) is 36.5. The topological polar surface area (TPSA) is 105 Å². The summed E-state index contributed by atoms with van der Waals surface area (Å²) in [4.78, 5) is 23.4. The molecule has 0 saturated carbocycles. The maximum atomic E-state index is 13.0. The Kier molecular flexibility index (Phi) is 56.4. The van der Waals surface area contributed by atoms with E-state index in [-0.39, 0.29) is 19.1 Å². The molecule has 0 aliphatic rings. The lowest BCUT2D eigenvalue weighted by molar-refractivity contribution is -0.870. The van der Waals surface area contributed by atoms with E-state index in [1.54, 1.807) is 6.08 Å². The molecule has 0 rings (SSSR count). The van der Waals surface area contributed by atoms with Gasteiger partial charge in [0.15, 0.2) is 0 Å². The highest BCUT2D eigenvalue weighted by molar-refractivity contribution is 7.47. The van der Waals surface area contributed by atoms with Crippen molar-refractivity contribution in [3.63, 3.8) is 0 Å². The van der Waals surface area contributed by atoms with Gasteiger partial charge in [0.1, 0.15) is 13.2 Å². The van der Waals surface area contributed by atoms with Crippen molar-refractivity contribution in [2.75, 3.05) is 40.9 Å². The van der Waals surface area contributed by atoms with Crippen LogP contribution in [0.1, 0.15) is 328 Å². The van der Waals surface area contributed by atoms with Crippen molar-refractivity contribution in [1.82, 2.24) is 5.32 Å². The summed E-state index contributed by atoms with van der Waals surface area (Å²) >= 11 is 0. The number of aliphatic hydroxyl groups is 1. The molecule has 1 amide bonds. The summed E-state index contributed by atoms with van der Waals surface area (Å²) in [5.41, 5.74) is 0. The first-order valence-corrected chi connectivity index (χ1v) is 34.4. The molecule has 0 fully saturated rings. The molecule has 9 heteroatoms. The number of hydrogen-bond donors (Lipinski definition) is 3. The normalized spacial score (nSPS) is 14.0. The van der Waals surface area contributed by atoms with Crippen LogP contribution in [0.15, 0.2) is 36.5 Å². The quantitative estimate of drug-likeness (QED) is 0.0243. The predicted octanol–water partition coefficient (Wildman–Crippen LogP) is 20.5. The number of allylic oxidation sites excluding steroid dienone is 5. The van der Waals surface area contributed by atoms with Crippen molar-refractivity contribution in [2.24, 2.45) is 0 Å². The van der Waals surface area contributed by atoms with Crippen LogP contribution < -0.4 is 5.32 Å². The number of carbonyl (C=O) groups is 1. The third-order valence-corrected chi connectivity index (χ3v) is 16.1. The molecular weight excluding hydrogens is 948 g/mol. The van der Waals surface area contributed by atoms with E-state index < -0.39 is 20.0 Å². The third kappa shape index (κ3) is 60.2. The number of amides is 1. The second-order valence-corrected chi connectivity index (χ2v) is 25.3. The fraction of sp³-hybridized carbons (Fsp3) is 0.894. The predicted molar refractivity (Wildman–Crippen MR) is 328 cm³/mol. The van der Waals surface area contributed by atoms with E-state index in [2.05, 4.69) is 43.5 Å². The van der Waals surface area contributed by atoms with Gasteiger partial charge in [0, 0.05) is 6.42 Å². The van der Waals surface area contributed by atoms with Crippen LogP contribution in [0.25, 0.3) is 0 Å². The number of phosphoric acid groups is 1. The summed E-state index contributed by atoms with van der Waals surface area (Å²) in [7, 11) is 1.57. The molecular formula is C66H130N2O6P+. The van der Waals surface area contributed by atoms with Gasteiger partial charge in [0.05, 0.1) is 39.9 Å². The maximum absolute atomic E-state index is 13.0. The highest BCUT2D eigenvalue weighted by atomic mass is 31.2. The molecule has 0 spiro atoms. The van der Waals surface area contributed by atoms with Gasteiger partial charge in [-0.2, -0.15) is 0 Å². The van der Waals surface area contributed by atoms with Crippen LogP contribution in [0.5, 0.6) is 0 Å². The van der Waals surface area contributed by atoms with Crippen LogP contribution in [0.2, 0.25) is 0 Å². The summed E-state index contributed by atoms with van der Waals surface area (Å²) < 4.78 is 23.8. The molecule has 0 aromatic carbocycles. The van der Waals surface area contributed by atoms with Crippen LogP contribution in [0, 0.1) is 0 Å². The lowest BCUT2D eigenvalue weighted by Crippen LogP contribution is -2.45. The van der Waals surface area contributed by atoms with E-state index in [1.165, 1.54) is 270 Å². The molecule has 0 radical (unpaired) electrons. The lowest BCUT2D eigenvalue weighted by atomic mass is 10.0. The summed E-state index contributed by atoms with van der Waals surface area (Å²) in [6, 6.07) is -0.863. The van der Waals surface area contributed by atoms with Crippen molar-refractivity contribution in [3.8, 4) is 0 Å². The highest BCUT2D eigenvalue weighted by Crippen LogP contribution is 2.43. The SMILES string of the molecule is CCCCCCCCCCCCCC/C=C\CCCCCCCCCCCCCCCCC(=O)NC(COP(=O)(O)OCC[N+](C)(C)C)C(O)/C=C/CC/C=C/CCCCCCCCCCCCCCCCCCC. The number of phosphoric ester groups is 1. The number of unbranched alkanes of at least 4 members (excludes halogenated alkanes) is 44. The molecule has 3 N–H and O–H groups in total. The Morgan fingerprint density at radius 1 is 0.440 bits per heavy atom. The Morgan fingerprint density at radius 3 is 1.07 bits per heavy atom. The van der Waals surface area contributed by atoms with E-state index in [0.717, 1.165) is 38.5 Å². The third-order valence-electron chi connectivity index (χ3n) is 15.1. The van der Waals surface area contributed by atoms with Gasteiger partial charge >= 0.3 is 7.82 Å². The largest absolute Gasteiger partial charge is 0.472 e. The summed E-state index contributed by atoms with van der Waals surface area (Å²) in [6.07, 6.45) is 75.7. The molecule has 0 aliphatic heterocycles. The summed E-state index contributed by atoms with van der Waals surface area (Å²) in [5, 5.41) is 14.0. The zero-order chi connectivity index (χ0) is 54.9. The Labute approximate surface area is 467 Å². The molecule has 0 aromatic heterocycles. The standard InChI is InChI=1S/C66H129N2O6P/c1-6-8-10-12-14-16-18-20-22-24-26-28-30-31-32-33-34-35-36-38-40-42-44-46-48-50-52-54-56-58-60-66(70)67-64(63-74-75(71,72)73-62-61-68(3,4)5)65(69)59-57-55-53-51-49-47-45-43-41-39-37-29-27-25-23-21-19-17-15-13-11-9-7-2/h31-32,49,51,57,59,64-65,69H,6-30,33-48,50,52-56,58,60-63H2,1-5H3,(H-,67,70,71,72)/p+1/b32-31-,51-49+,59-57+. The minimum Gasteiger partial charge on any atom is -0.387 e. The van der Waals surface area contributed by atoms with E-state index in [1.807, 2.05) is 27.2 Å². The Bertz CT molecular complexity index is 1320. The van der Waals surface area contributed by atoms with Crippen molar-refractivity contribution in [2.45, 2.75) is 341 Å². The maximum Gasteiger partial charge on any atom is 0.472 e. The van der Waals surface area contributed by atoms with Gasteiger partial charge in [-0.15, -0.1) is 0 Å². The van der Waals surface area contributed by atoms with Crippen LogP contribution in [0.3, 0.4) is 0 Å². The van der Waals surface area contributed by atoms with Crippen molar-refractivity contribution >= 4 is 13.7 Å². The number of quaternary nitrogens is 1. The number of nitrogens with zero attached hydrogens (tertiary/aromatic N) is 1. The Balaban J connectivity index is 4.12. The highest BCUT2D eigenvalue weighted by Gasteiger charge is 2.28. The smallest absolute Gasteiger partial charge is 0.387 e. The lowest BCUT2D eigenvalue weighted by Gasteiger charge is -2.25. The minimum atomic E-state index is -4.36. The van der Waals surface area contributed by atoms with Gasteiger partial charge in [-0.25, -0.2) is 4.57 Å². The second kappa shape index (κ2) is 57.4. The molecule has 0 aromatic rings. The Hall–Kier alpha value is -1.28. The number of aliphatic hydroxyl groups excluding tert-OH is 1. The van der Waals surface area contributed by atoms with Crippen LogP contribution >= 0.6 is 7.82 Å². The van der Waals surface area contributed by atoms with Gasteiger partial charge in [0.25, 0.3) is 0 Å². The molecule has 444 valence electrons. The zero-order valence-electron chi connectivity index (χ0n) is 50.8. The van der Waals surface area contributed by atoms with Gasteiger partial charge in [-0.1, -0.05) is 301 Å². The fourth-order valence-electron chi connectivity index (χ4n) is 9.94. The fourth-order valence-corrected chi connectivity index (χ4v) is 10.7. The average molecular weight is 1080 g/mol. The van der Waals surface area contributed by atoms with Crippen LogP contribution in [0.4, 0.5) is 0 Å². The molecule has 75 heavy (non-hydrogen) atoms. The molecule has 3 unspecified atom stereocenters. The molecule has 0 saturated heterocycles. The summed E-state index contributed by atoms with van der Waals surface area (Å²) in [5.74, 6) is -0.181. The van der Waals surface area contributed by atoms with Crippen molar-refractivity contribution < 1.29 is 32.9 Å². The van der Waals surface area contributed by atoms with Crippen LogP contribution in [-0.2, 0) is 18.4 Å². The van der Waals surface area contributed by atoms with Crippen molar-refractivity contribution in [3.05, 3.63) is 36.5 Å². The molecule has 0 heterocycles. The van der Waals surface area contributed by atoms with E-state index >= 15 is 0 Å². The number of carbonyl (C=O) groups excluding carboxylic acids is 1. The number of nitrogens with one attached hydrogen (secondary N) is 1. The zero-order valence-corrected chi connectivity index (χ0v) is 51.7.